The molecule has 6 heteroatoms. The molecule has 0 saturated heterocycles. The topological polar surface area (TPSA) is 101 Å². The summed E-state index contributed by atoms with van der Waals surface area (Å²) in [4.78, 5) is 19.0. The second kappa shape index (κ2) is 6.90. The molecule has 0 fully saturated rings. The van der Waals surface area contributed by atoms with Crippen molar-refractivity contribution in [2.75, 3.05) is 7.11 Å². The number of fused-ring (bicyclic) bond motifs is 1. The van der Waals surface area contributed by atoms with E-state index in [-0.39, 0.29) is 5.92 Å². The Hall–Kier alpha value is -2.70. The van der Waals surface area contributed by atoms with E-state index < -0.39 is 11.5 Å². The molecule has 26 heavy (non-hydrogen) atoms. The maximum atomic E-state index is 12.0. The molecule has 3 aromatic rings. The van der Waals surface area contributed by atoms with Gasteiger partial charge in [0.15, 0.2) is 0 Å². The summed E-state index contributed by atoms with van der Waals surface area (Å²) in [5.74, 6) is -0.591. The number of aromatic amines is 1. The Labute approximate surface area is 152 Å². The number of aromatic nitrogens is 2. The number of hydrogen-bond acceptors (Lipinski definition) is 4. The SMILES string of the molecule is COCc1ccc2cc(C(O)(c3cnc[nH]3)C(C)C)ccc2c1C(N)=O. The molecule has 0 aliphatic carbocycles. The van der Waals surface area contributed by atoms with Crippen LogP contribution in [0.15, 0.2) is 42.9 Å². The first kappa shape index (κ1) is 18.1. The highest BCUT2D eigenvalue weighted by Crippen LogP contribution is 2.37. The molecule has 1 aromatic heterocycles. The van der Waals surface area contributed by atoms with Gasteiger partial charge in [0.2, 0.25) is 5.91 Å². The molecule has 0 spiro atoms. The first-order chi connectivity index (χ1) is 12.4. The van der Waals surface area contributed by atoms with Crippen molar-refractivity contribution in [1.82, 2.24) is 9.97 Å². The van der Waals surface area contributed by atoms with E-state index in [9.17, 15) is 9.90 Å². The molecule has 0 radical (unpaired) electrons. The molecule has 4 N–H and O–H groups in total. The van der Waals surface area contributed by atoms with Crippen molar-refractivity contribution in [2.45, 2.75) is 26.1 Å². The highest BCUT2D eigenvalue weighted by atomic mass is 16.5. The van der Waals surface area contributed by atoms with Crippen molar-refractivity contribution in [3.63, 3.8) is 0 Å². The van der Waals surface area contributed by atoms with Crippen LogP contribution in [0, 0.1) is 5.92 Å². The minimum atomic E-state index is -1.22. The lowest BCUT2D eigenvalue weighted by Gasteiger charge is -2.32. The van der Waals surface area contributed by atoms with Crippen LogP contribution in [0.3, 0.4) is 0 Å². The number of nitrogens with one attached hydrogen (secondary N) is 1. The summed E-state index contributed by atoms with van der Waals surface area (Å²) in [6.45, 7) is 4.20. The number of aliphatic hydroxyl groups is 1. The lowest BCUT2D eigenvalue weighted by Crippen LogP contribution is -2.33. The predicted molar refractivity (Wildman–Crippen MR) is 99.6 cm³/mol. The maximum absolute atomic E-state index is 12.0. The smallest absolute Gasteiger partial charge is 0.249 e. The molecular weight excluding hydrogens is 330 g/mol. The largest absolute Gasteiger partial charge is 0.380 e. The zero-order valence-corrected chi connectivity index (χ0v) is 15.1. The highest BCUT2D eigenvalue weighted by Gasteiger charge is 2.36. The Morgan fingerprint density at radius 2 is 2.12 bits per heavy atom. The van der Waals surface area contributed by atoms with Gasteiger partial charge < -0.3 is 20.6 Å². The van der Waals surface area contributed by atoms with Crippen molar-refractivity contribution in [3.05, 3.63) is 65.2 Å². The van der Waals surface area contributed by atoms with Gasteiger partial charge in [-0.05, 0) is 33.9 Å². The monoisotopic (exact) mass is 353 g/mol. The summed E-state index contributed by atoms with van der Waals surface area (Å²) < 4.78 is 5.17. The third kappa shape index (κ3) is 2.87. The fraction of sp³-hybridized carbons (Fsp3) is 0.300. The van der Waals surface area contributed by atoms with Crippen molar-refractivity contribution in [2.24, 2.45) is 11.7 Å². The lowest BCUT2D eigenvalue weighted by molar-refractivity contribution is 0.0281. The molecule has 2 aromatic carbocycles. The van der Waals surface area contributed by atoms with Gasteiger partial charge >= 0.3 is 0 Å². The number of carbonyl (C=O) groups is 1. The Balaban J connectivity index is 2.21. The van der Waals surface area contributed by atoms with E-state index in [0.29, 0.717) is 17.9 Å². The molecule has 1 unspecified atom stereocenters. The third-order valence-electron chi connectivity index (χ3n) is 4.84. The molecule has 1 amide bonds. The Bertz CT molecular complexity index is 935. The molecule has 0 bridgehead atoms. The number of benzene rings is 2. The molecule has 0 aliphatic heterocycles. The van der Waals surface area contributed by atoms with Gasteiger partial charge in [0, 0.05) is 7.11 Å². The van der Waals surface area contributed by atoms with Gasteiger partial charge in [0.1, 0.15) is 5.60 Å². The standard InChI is InChI=1S/C20H23N3O3/c1-12(2)20(25,17-9-22-11-23-17)15-6-7-16-13(8-15)4-5-14(10-26-3)18(16)19(21)24/h4-9,11-12,25H,10H2,1-3H3,(H2,21,24)(H,22,23). The number of rotatable bonds is 6. The van der Waals surface area contributed by atoms with E-state index in [4.69, 9.17) is 10.5 Å². The van der Waals surface area contributed by atoms with Gasteiger partial charge in [-0.15, -0.1) is 0 Å². The van der Waals surface area contributed by atoms with E-state index in [1.165, 1.54) is 0 Å². The Morgan fingerprint density at radius 3 is 2.69 bits per heavy atom. The quantitative estimate of drug-likeness (QED) is 0.634. The fourth-order valence-corrected chi connectivity index (χ4v) is 3.44. The number of hydrogen-bond donors (Lipinski definition) is 3. The lowest BCUT2D eigenvalue weighted by atomic mass is 9.80. The molecule has 1 atom stereocenters. The number of methoxy groups -OCH3 is 1. The summed E-state index contributed by atoms with van der Waals surface area (Å²) in [6, 6.07) is 9.28. The molecular formula is C20H23N3O3. The average molecular weight is 353 g/mol. The normalized spacial score (nSPS) is 13.9. The van der Waals surface area contributed by atoms with Crippen LogP contribution in [0.1, 0.15) is 41.0 Å². The molecule has 136 valence electrons. The molecule has 1 heterocycles. The second-order valence-corrected chi connectivity index (χ2v) is 6.72. The van der Waals surface area contributed by atoms with Gasteiger partial charge in [-0.2, -0.15) is 0 Å². The van der Waals surface area contributed by atoms with Crippen LogP contribution in [-0.2, 0) is 16.9 Å². The van der Waals surface area contributed by atoms with Gasteiger partial charge in [0.25, 0.3) is 0 Å². The predicted octanol–water partition coefficient (Wildman–Crippen LogP) is 2.70. The fourth-order valence-electron chi connectivity index (χ4n) is 3.44. The van der Waals surface area contributed by atoms with Gasteiger partial charge in [-0.1, -0.05) is 38.1 Å². The zero-order valence-electron chi connectivity index (χ0n) is 15.1. The molecule has 0 saturated carbocycles. The number of nitrogens with zero attached hydrogens (tertiary/aromatic N) is 1. The van der Waals surface area contributed by atoms with Crippen LogP contribution >= 0.6 is 0 Å². The number of nitrogens with two attached hydrogens (primary N) is 1. The zero-order chi connectivity index (χ0) is 18.9. The van der Waals surface area contributed by atoms with E-state index in [1.54, 1.807) is 19.6 Å². The van der Waals surface area contributed by atoms with Crippen LogP contribution in [0.2, 0.25) is 0 Å². The van der Waals surface area contributed by atoms with Crippen molar-refractivity contribution >= 4 is 16.7 Å². The van der Waals surface area contributed by atoms with Gasteiger partial charge in [-0.3, -0.25) is 4.79 Å². The molecule has 3 rings (SSSR count). The van der Waals surface area contributed by atoms with E-state index in [1.807, 2.05) is 44.2 Å². The first-order valence-electron chi connectivity index (χ1n) is 8.45. The average Bonchev–Trinajstić information content (AvgIpc) is 3.15. The number of amides is 1. The summed E-state index contributed by atoms with van der Waals surface area (Å²) in [6.07, 6.45) is 3.17. The summed E-state index contributed by atoms with van der Waals surface area (Å²) in [7, 11) is 1.57. The van der Waals surface area contributed by atoms with E-state index in [2.05, 4.69) is 9.97 Å². The van der Waals surface area contributed by atoms with Gasteiger partial charge in [0.05, 0.1) is 30.4 Å². The highest BCUT2D eigenvalue weighted by molar-refractivity contribution is 6.07. The minimum Gasteiger partial charge on any atom is -0.380 e. The number of ether oxygens (including phenoxy) is 1. The van der Waals surface area contributed by atoms with E-state index in [0.717, 1.165) is 21.9 Å². The Kier molecular flexibility index (Phi) is 4.80. The summed E-state index contributed by atoms with van der Waals surface area (Å²) in [5.41, 5.74) is 6.92. The van der Waals surface area contributed by atoms with Crippen molar-refractivity contribution in [1.29, 1.82) is 0 Å². The van der Waals surface area contributed by atoms with Crippen LogP contribution in [0.5, 0.6) is 0 Å². The number of primary amides is 1. The number of H-pyrrole nitrogens is 1. The molecule has 0 aliphatic rings. The number of imidazole rings is 1. The number of carbonyl (C=O) groups excluding carboxylic acids is 1. The van der Waals surface area contributed by atoms with Crippen molar-refractivity contribution < 1.29 is 14.6 Å². The summed E-state index contributed by atoms with van der Waals surface area (Å²) >= 11 is 0. The van der Waals surface area contributed by atoms with Crippen LogP contribution in [0.4, 0.5) is 0 Å². The van der Waals surface area contributed by atoms with Crippen LogP contribution < -0.4 is 5.73 Å². The van der Waals surface area contributed by atoms with Crippen LogP contribution in [-0.4, -0.2) is 28.1 Å². The first-order valence-corrected chi connectivity index (χ1v) is 8.45. The van der Waals surface area contributed by atoms with E-state index >= 15 is 0 Å². The van der Waals surface area contributed by atoms with Gasteiger partial charge in [-0.25, -0.2) is 4.98 Å². The Morgan fingerprint density at radius 1 is 1.35 bits per heavy atom. The minimum absolute atomic E-state index is 0.0937. The summed E-state index contributed by atoms with van der Waals surface area (Å²) in [5, 5.41) is 13.0. The second-order valence-electron chi connectivity index (χ2n) is 6.72. The van der Waals surface area contributed by atoms with Crippen molar-refractivity contribution in [3.8, 4) is 0 Å². The van der Waals surface area contributed by atoms with Crippen LogP contribution in [0.25, 0.3) is 10.8 Å². The maximum Gasteiger partial charge on any atom is 0.249 e. The third-order valence-corrected chi connectivity index (χ3v) is 4.84. The molecule has 6 nitrogen and oxygen atoms in total.